The summed E-state index contributed by atoms with van der Waals surface area (Å²) in [4.78, 5) is 0. The van der Waals surface area contributed by atoms with Crippen LogP contribution in [0.25, 0.3) is 0 Å². The van der Waals surface area contributed by atoms with Crippen molar-refractivity contribution in [1.29, 1.82) is 0 Å². The number of nitrogens with one attached hydrogen (secondary N) is 1. The van der Waals surface area contributed by atoms with Gasteiger partial charge in [-0.2, -0.15) is 0 Å². The summed E-state index contributed by atoms with van der Waals surface area (Å²) in [5.74, 6) is 2.00. The second kappa shape index (κ2) is 6.02. The van der Waals surface area contributed by atoms with Crippen molar-refractivity contribution in [1.82, 2.24) is 10.4 Å². The van der Waals surface area contributed by atoms with Crippen LogP contribution in [-0.4, -0.2) is 25.1 Å². The van der Waals surface area contributed by atoms with E-state index in [0.29, 0.717) is 0 Å². The fraction of sp³-hybridized carbons (Fsp3) is 1.00. The van der Waals surface area contributed by atoms with Crippen LogP contribution in [0.4, 0.5) is 0 Å². The highest BCUT2D eigenvalue weighted by Gasteiger charge is 2.30. The molecule has 1 N–H and O–H groups in total. The third-order valence-electron chi connectivity index (χ3n) is 4.83. The van der Waals surface area contributed by atoms with Crippen LogP contribution in [0.5, 0.6) is 0 Å². The first kappa shape index (κ1) is 12.4. The third-order valence-corrected chi connectivity index (χ3v) is 4.83. The van der Waals surface area contributed by atoms with Crippen LogP contribution in [-0.2, 0) is 0 Å². The SMILES string of the molecule is CNN(C)C1CCCCC1CC1CCCC1. The zero-order valence-corrected chi connectivity index (χ0v) is 11.0. The molecule has 16 heavy (non-hydrogen) atoms. The quantitative estimate of drug-likeness (QED) is 0.738. The van der Waals surface area contributed by atoms with Crippen molar-refractivity contribution in [2.75, 3.05) is 14.1 Å². The Balaban J connectivity index is 1.87. The average Bonchev–Trinajstić information content (AvgIpc) is 2.82. The van der Waals surface area contributed by atoms with E-state index in [1.54, 1.807) is 0 Å². The number of hydrogen-bond acceptors (Lipinski definition) is 2. The standard InChI is InChI=1S/C14H28N2/c1-15-16(2)14-10-6-5-9-13(14)11-12-7-3-4-8-12/h12-15H,3-11H2,1-2H3. The minimum atomic E-state index is 0.791. The van der Waals surface area contributed by atoms with Crippen LogP contribution < -0.4 is 5.43 Å². The predicted octanol–water partition coefficient (Wildman–Crippen LogP) is 3.19. The average molecular weight is 224 g/mol. The summed E-state index contributed by atoms with van der Waals surface area (Å²) in [5.41, 5.74) is 3.32. The van der Waals surface area contributed by atoms with Gasteiger partial charge in [-0.1, -0.05) is 38.5 Å². The van der Waals surface area contributed by atoms with Gasteiger partial charge < -0.3 is 0 Å². The zero-order chi connectivity index (χ0) is 11.4. The molecule has 0 radical (unpaired) electrons. The van der Waals surface area contributed by atoms with Gasteiger partial charge in [0.1, 0.15) is 0 Å². The Kier molecular flexibility index (Phi) is 4.66. The van der Waals surface area contributed by atoms with E-state index in [1.165, 1.54) is 57.8 Å². The molecule has 94 valence electrons. The van der Waals surface area contributed by atoms with E-state index in [2.05, 4.69) is 24.5 Å². The molecule has 0 aromatic heterocycles. The smallest absolute Gasteiger partial charge is 0.0268 e. The van der Waals surface area contributed by atoms with Crippen molar-refractivity contribution in [3.63, 3.8) is 0 Å². The van der Waals surface area contributed by atoms with Gasteiger partial charge in [-0.15, -0.1) is 0 Å². The fourth-order valence-corrected chi connectivity index (χ4v) is 3.81. The van der Waals surface area contributed by atoms with Gasteiger partial charge in [0, 0.05) is 13.1 Å². The van der Waals surface area contributed by atoms with Crippen molar-refractivity contribution in [3.8, 4) is 0 Å². The van der Waals surface area contributed by atoms with E-state index in [-0.39, 0.29) is 0 Å². The maximum Gasteiger partial charge on any atom is 0.0268 e. The molecule has 0 spiro atoms. The first-order valence-corrected chi connectivity index (χ1v) is 7.21. The maximum atomic E-state index is 3.32. The molecule has 2 unspecified atom stereocenters. The number of nitrogens with zero attached hydrogens (tertiary/aromatic N) is 1. The van der Waals surface area contributed by atoms with Gasteiger partial charge in [0.2, 0.25) is 0 Å². The molecule has 0 aliphatic heterocycles. The van der Waals surface area contributed by atoms with E-state index >= 15 is 0 Å². The molecular weight excluding hydrogens is 196 g/mol. The lowest BCUT2D eigenvalue weighted by Crippen LogP contribution is -2.46. The summed E-state index contributed by atoms with van der Waals surface area (Å²) in [6.45, 7) is 0. The molecule has 0 aromatic carbocycles. The van der Waals surface area contributed by atoms with E-state index < -0.39 is 0 Å². The zero-order valence-electron chi connectivity index (χ0n) is 11.0. The fourth-order valence-electron chi connectivity index (χ4n) is 3.81. The van der Waals surface area contributed by atoms with E-state index in [9.17, 15) is 0 Å². The molecule has 2 heteroatoms. The summed E-state index contributed by atoms with van der Waals surface area (Å²) in [5, 5.41) is 2.36. The minimum absolute atomic E-state index is 0.791. The van der Waals surface area contributed by atoms with Crippen LogP contribution in [0.15, 0.2) is 0 Å². The largest absolute Gasteiger partial charge is 0.258 e. The topological polar surface area (TPSA) is 15.3 Å². The lowest BCUT2D eigenvalue weighted by molar-refractivity contribution is 0.0784. The molecule has 2 atom stereocenters. The minimum Gasteiger partial charge on any atom is -0.258 e. The Bertz CT molecular complexity index is 199. The summed E-state index contributed by atoms with van der Waals surface area (Å²) < 4.78 is 0. The van der Waals surface area contributed by atoms with Crippen molar-refractivity contribution in [3.05, 3.63) is 0 Å². The number of hydrogen-bond donors (Lipinski definition) is 1. The summed E-state index contributed by atoms with van der Waals surface area (Å²) in [6.07, 6.45) is 13.2. The van der Waals surface area contributed by atoms with Crippen molar-refractivity contribution < 1.29 is 0 Å². The Morgan fingerprint density at radius 2 is 1.62 bits per heavy atom. The monoisotopic (exact) mass is 224 g/mol. The predicted molar refractivity (Wildman–Crippen MR) is 69.1 cm³/mol. The highest BCUT2D eigenvalue weighted by Crippen LogP contribution is 2.37. The molecule has 0 saturated heterocycles. The van der Waals surface area contributed by atoms with Gasteiger partial charge in [-0.05, 0) is 38.1 Å². The Morgan fingerprint density at radius 1 is 1.00 bits per heavy atom. The van der Waals surface area contributed by atoms with Gasteiger partial charge in [0.05, 0.1) is 0 Å². The third kappa shape index (κ3) is 2.98. The number of hydrazine groups is 1. The van der Waals surface area contributed by atoms with Gasteiger partial charge in [-0.3, -0.25) is 5.43 Å². The van der Waals surface area contributed by atoms with Crippen molar-refractivity contribution in [2.24, 2.45) is 11.8 Å². The molecule has 2 fully saturated rings. The van der Waals surface area contributed by atoms with Crippen molar-refractivity contribution in [2.45, 2.75) is 63.8 Å². The Morgan fingerprint density at radius 3 is 2.31 bits per heavy atom. The molecule has 0 amide bonds. The van der Waals surface area contributed by atoms with Crippen LogP contribution in [0.1, 0.15) is 57.8 Å². The molecule has 0 heterocycles. The van der Waals surface area contributed by atoms with E-state index in [1.807, 2.05) is 0 Å². The lowest BCUT2D eigenvalue weighted by atomic mass is 9.78. The van der Waals surface area contributed by atoms with Gasteiger partial charge >= 0.3 is 0 Å². The van der Waals surface area contributed by atoms with Gasteiger partial charge in [-0.25, -0.2) is 5.01 Å². The van der Waals surface area contributed by atoms with Gasteiger partial charge in [0.25, 0.3) is 0 Å². The highest BCUT2D eigenvalue weighted by molar-refractivity contribution is 4.83. The van der Waals surface area contributed by atoms with Gasteiger partial charge in [0.15, 0.2) is 0 Å². The summed E-state index contributed by atoms with van der Waals surface area (Å²) >= 11 is 0. The first-order valence-electron chi connectivity index (χ1n) is 7.21. The molecule has 2 rings (SSSR count). The summed E-state index contributed by atoms with van der Waals surface area (Å²) in [6, 6.07) is 0.791. The first-order chi connectivity index (χ1) is 7.81. The van der Waals surface area contributed by atoms with Crippen molar-refractivity contribution >= 4 is 0 Å². The molecule has 2 saturated carbocycles. The lowest BCUT2D eigenvalue weighted by Gasteiger charge is -2.38. The molecule has 2 nitrogen and oxygen atoms in total. The van der Waals surface area contributed by atoms with Crippen LogP contribution >= 0.6 is 0 Å². The second-order valence-electron chi connectivity index (χ2n) is 5.83. The Labute approximate surface area is 101 Å². The van der Waals surface area contributed by atoms with Crippen LogP contribution in [0.3, 0.4) is 0 Å². The van der Waals surface area contributed by atoms with Crippen LogP contribution in [0.2, 0.25) is 0 Å². The molecule has 0 bridgehead atoms. The molecule has 2 aliphatic rings. The highest BCUT2D eigenvalue weighted by atomic mass is 15.5. The second-order valence-corrected chi connectivity index (χ2v) is 5.83. The molecule has 0 aromatic rings. The Hall–Kier alpha value is -0.0800. The maximum absolute atomic E-state index is 3.32. The molecule has 2 aliphatic carbocycles. The summed E-state index contributed by atoms with van der Waals surface area (Å²) in [7, 11) is 4.28. The van der Waals surface area contributed by atoms with Crippen LogP contribution in [0, 0.1) is 11.8 Å². The van der Waals surface area contributed by atoms with E-state index in [4.69, 9.17) is 0 Å². The van der Waals surface area contributed by atoms with E-state index in [0.717, 1.165) is 17.9 Å². The normalized spacial score (nSPS) is 32.4. The molecular formula is C14H28N2. The number of rotatable bonds is 4.